The molecule has 8 nitrogen and oxygen atoms in total. The standard InChI is InChI=1S/C23H33FN4O4/c24-18-12-17(23(32)26-11-10-25-21(29)14-22(30)31)19(27-15-8-4-5-9-15)13-20(18)28-16-6-2-1-3-7-16/h12-13,15-16,27-28H,1-11,14H2,(H,25,29)(H,26,32)(H,30,31). The zero-order valence-corrected chi connectivity index (χ0v) is 18.3. The van der Waals surface area contributed by atoms with Crippen LogP contribution >= 0.6 is 0 Å². The van der Waals surface area contributed by atoms with Crippen LogP contribution in [0.1, 0.15) is 74.6 Å². The van der Waals surface area contributed by atoms with E-state index in [9.17, 15) is 18.8 Å². The van der Waals surface area contributed by atoms with Gasteiger partial charge in [-0.1, -0.05) is 32.1 Å². The normalized spacial score (nSPS) is 17.0. The number of carboxylic acid groups (broad SMARTS) is 1. The van der Waals surface area contributed by atoms with Crippen molar-refractivity contribution in [2.45, 2.75) is 76.3 Å². The summed E-state index contributed by atoms with van der Waals surface area (Å²) in [5, 5.41) is 20.4. The van der Waals surface area contributed by atoms with Gasteiger partial charge in [0.25, 0.3) is 5.91 Å². The molecule has 0 radical (unpaired) electrons. The van der Waals surface area contributed by atoms with Gasteiger partial charge in [-0.2, -0.15) is 0 Å². The van der Waals surface area contributed by atoms with Gasteiger partial charge < -0.3 is 26.4 Å². The Morgan fingerprint density at radius 2 is 1.41 bits per heavy atom. The van der Waals surface area contributed by atoms with E-state index in [2.05, 4.69) is 21.3 Å². The quantitative estimate of drug-likeness (QED) is 0.277. The molecule has 0 aliphatic heterocycles. The van der Waals surface area contributed by atoms with Crippen molar-refractivity contribution in [3.63, 3.8) is 0 Å². The van der Waals surface area contributed by atoms with Crippen LogP contribution in [0.2, 0.25) is 0 Å². The first-order valence-corrected chi connectivity index (χ1v) is 11.6. The number of benzene rings is 1. The van der Waals surface area contributed by atoms with Crippen molar-refractivity contribution < 1.29 is 23.9 Å². The van der Waals surface area contributed by atoms with Crippen LogP contribution in [-0.2, 0) is 9.59 Å². The minimum Gasteiger partial charge on any atom is -0.481 e. The number of carbonyl (C=O) groups is 3. The van der Waals surface area contributed by atoms with Crippen LogP contribution in [0.5, 0.6) is 0 Å². The number of halogens is 1. The van der Waals surface area contributed by atoms with E-state index in [0.717, 1.165) is 51.4 Å². The third-order valence-corrected chi connectivity index (χ3v) is 6.08. The summed E-state index contributed by atoms with van der Waals surface area (Å²) in [6.07, 6.45) is 9.18. The van der Waals surface area contributed by atoms with Gasteiger partial charge >= 0.3 is 5.97 Å². The Morgan fingerprint density at radius 3 is 2.03 bits per heavy atom. The minimum atomic E-state index is -1.22. The van der Waals surface area contributed by atoms with Crippen LogP contribution in [0, 0.1) is 5.82 Å². The molecule has 0 saturated heterocycles. The first kappa shape index (κ1) is 23.8. The summed E-state index contributed by atoms with van der Waals surface area (Å²) in [6, 6.07) is 3.46. The zero-order valence-electron chi connectivity index (χ0n) is 18.3. The number of rotatable bonds is 10. The van der Waals surface area contributed by atoms with Gasteiger partial charge in [0.1, 0.15) is 12.2 Å². The van der Waals surface area contributed by atoms with Gasteiger partial charge in [0, 0.05) is 30.9 Å². The van der Waals surface area contributed by atoms with Crippen molar-refractivity contribution in [3.05, 3.63) is 23.5 Å². The maximum absolute atomic E-state index is 14.9. The molecule has 0 heterocycles. The van der Waals surface area contributed by atoms with Crippen LogP contribution in [-0.4, -0.2) is 48.1 Å². The Hall–Kier alpha value is -2.84. The number of aliphatic carboxylic acids is 1. The lowest BCUT2D eigenvalue weighted by Crippen LogP contribution is -2.35. The molecule has 3 rings (SSSR count). The lowest BCUT2D eigenvalue weighted by atomic mass is 9.95. The van der Waals surface area contributed by atoms with Crippen molar-refractivity contribution in [1.82, 2.24) is 10.6 Å². The van der Waals surface area contributed by atoms with Crippen molar-refractivity contribution >= 4 is 29.2 Å². The predicted molar refractivity (Wildman–Crippen MR) is 120 cm³/mol. The number of carboxylic acids is 1. The Bertz CT molecular complexity index is 820. The lowest BCUT2D eigenvalue weighted by Gasteiger charge is -2.25. The van der Waals surface area contributed by atoms with Crippen molar-refractivity contribution in [3.8, 4) is 0 Å². The number of hydrogen-bond donors (Lipinski definition) is 5. The summed E-state index contributed by atoms with van der Waals surface area (Å²) < 4.78 is 14.9. The van der Waals surface area contributed by atoms with Crippen LogP contribution in [0.3, 0.4) is 0 Å². The fourth-order valence-corrected chi connectivity index (χ4v) is 4.42. The lowest BCUT2D eigenvalue weighted by molar-refractivity contribution is -0.140. The summed E-state index contributed by atoms with van der Waals surface area (Å²) in [4.78, 5) is 34.7. The highest BCUT2D eigenvalue weighted by atomic mass is 19.1. The molecule has 2 fully saturated rings. The molecule has 5 N–H and O–H groups in total. The SMILES string of the molecule is O=C(O)CC(=O)NCCNC(=O)c1cc(F)c(NC2CCCCC2)cc1NC1CCCC1. The van der Waals surface area contributed by atoms with Gasteiger partial charge in [-0.25, -0.2) is 4.39 Å². The van der Waals surface area contributed by atoms with Crippen molar-refractivity contribution in [2.24, 2.45) is 0 Å². The number of amides is 2. The van der Waals surface area contributed by atoms with Gasteiger partial charge in [0.2, 0.25) is 5.91 Å². The molecule has 0 atom stereocenters. The average molecular weight is 449 g/mol. The summed E-state index contributed by atoms with van der Waals surface area (Å²) in [5.74, 6) is -2.75. The molecular weight excluding hydrogens is 415 g/mol. The third-order valence-electron chi connectivity index (χ3n) is 6.08. The molecule has 176 valence electrons. The molecule has 0 unspecified atom stereocenters. The smallest absolute Gasteiger partial charge is 0.312 e. The Balaban J connectivity index is 1.66. The van der Waals surface area contributed by atoms with E-state index in [1.807, 2.05) is 0 Å². The largest absolute Gasteiger partial charge is 0.481 e. The van der Waals surface area contributed by atoms with Gasteiger partial charge in [0.15, 0.2) is 0 Å². The zero-order chi connectivity index (χ0) is 22.9. The molecular formula is C23H33FN4O4. The molecule has 2 aliphatic rings. The first-order chi connectivity index (χ1) is 15.4. The molecule has 9 heteroatoms. The molecule has 2 saturated carbocycles. The van der Waals surface area contributed by atoms with Crippen LogP contribution < -0.4 is 21.3 Å². The Labute approximate surface area is 187 Å². The Morgan fingerprint density at radius 1 is 0.844 bits per heavy atom. The van der Waals surface area contributed by atoms with E-state index >= 15 is 0 Å². The van der Waals surface area contributed by atoms with Gasteiger partial charge in [0.05, 0.1) is 11.3 Å². The van der Waals surface area contributed by atoms with Crippen molar-refractivity contribution in [1.29, 1.82) is 0 Å². The van der Waals surface area contributed by atoms with Crippen LogP contribution in [0.15, 0.2) is 12.1 Å². The van der Waals surface area contributed by atoms with E-state index in [-0.39, 0.29) is 30.7 Å². The van der Waals surface area contributed by atoms with E-state index in [4.69, 9.17) is 5.11 Å². The van der Waals surface area contributed by atoms with E-state index in [1.54, 1.807) is 6.07 Å². The van der Waals surface area contributed by atoms with E-state index < -0.39 is 30.0 Å². The summed E-state index contributed by atoms with van der Waals surface area (Å²) in [5.41, 5.74) is 1.24. The molecule has 2 aliphatic carbocycles. The maximum Gasteiger partial charge on any atom is 0.312 e. The number of nitrogens with one attached hydrogen (secondary N) is 4. The summed E-state index contributed by atoms with van der Waals surface area (Å²) in [6.45, 7) is 0.198. The fraction of sp³-hybridized carbons (Fsp3) is 0.609. The molecule has 2 amide bonds. The highest BCUT2D eigenvalue weighted by Crippen LogP contribution is 2.30. The fourth-order valence-electron chi connectivity index (χ4n) is 4.42. The molecule has 0 aromatic heterocycles. The second kappa shape index (κ2) is 11.7. The van der Waals surface area contributed by atoms with Crippen LogP contribution in [0.4, 0.5) is 15.8 Å². The molecule has 0 spiro atoms. The van der Waals surface area contributed by atoms with E-state index in [0.29, 0.717) is 11.4 Å². The third kappa shape index (κ3) is 7.10. The monoisotopic (exact) mass is 448 g/mol. The second-order valence-electron chi connectivity index (χ2n) is 8.66. The topological polar surface area (TPSA) is 120 Å². The van der Waals surface area contributed by atoms with Crippen molar-refractivity contribution in [2.75, 3.05) is 23.7 Å². The van der Waals surface area contributed by atoms with Gasteiger partial charge in [-0.05, 0) is 37.8 Å². The Kier molecular flexibility index (Phi) is 8.70. The molecule has 0 bridgehead atoms. The van der Waals surface area contributed by atoms with Gasteiger partial charge in [-0.15, -0.1) is 0 Å². The maximum atomic E-state index is 14.9. The highest BCUT2D eigenvalue weighted by Gasteiger charge is 2.22. The van der Waals surface area contributed by atoms with E-state index in [1.165, 1.54) is 12.5 Å². The summed E-state index contributed by atoms with van der Waals surface area (Å²) >= 11 is 0. The molecule has 1 aromatic rings. The van der Waals surface area contributed by atoms with Gasteiger partial charge in [-0.3, -0.25) is 14.4 Å². The predicted octanol–water partition coefficient (Wildman–Crippen LogP) is 3.25. The second-order valence-corrected chi connectivity index (χ2v) is 8.66. The van der Waals surface area contributed by atoms with Crippen LogP contribution in [0.25, 0.3) is 0 Å². The molecule has 32 heavy (non-hydrogen) atoms. The number of hydrogen-bond acceptors (Lipinski definition) is 5. The highest BCUT2D eigenvalue weighted by molar-refractivity contribution is 6.00. The number of anilines is 2. The first-order valence-electron chi connectivity index (χ1n) is 11.6. The number of carbonyl (C=O) groups excluding carboxylic acids is 2. The average Bonchev–Trinajstić information content (AvgIpc) is 3.26. The summed E-state index contributed by atoms with van der Waals surface area (Å²) in [7, 11) is 0. The molecule has 1 aromatic carbocycles. The minimum absolute atomic E-state index is 0.0903.